The molecule has 16 heavy (non-hydrogen) atoms. The van der Waals surface area contributed by atoms with E-state index in [1.807, 2.05) is 0 Å². The Kier molecular flexibility index (Phi) is 3.03. The van der Waals surface area contributed by atoms with Crippen LogP contribution < -0.4 is 4.74 Å². The van der Waals surface area contributed by atoms with Gasteiger partial charge in [-0.2, -0.15) is 0 Å². The van der Waals surface area contributed by atoms with Crippen LogP contribution in [0.25, 0.3) is 0 Å². The molecule has 1 saturated carbocycles. The van der Waals surface area contributed by atoms with Gasteiger partial charge in [0.25, 0.3) is 5.69 Å². The van der Waals surface area contributed by atoms with Crippen LogP contribution in [-0.4, -0.2) is 11.0 Å². The van der Waals surface area contributed by atoms with Gasteiger partial charge in [0.15, 0.2) is 0 Å². The van der Waals surface area contributed by atoms with Crippen LogP contribution in [0.1, 0.15) is 25.7 Å². The van der Waals surface area contributed by atoms with Crippen molar-refractivity contribution in [1.82, 2.24) is 0 Å². The average Bonchev–Trinajstić information content (AvgIpc) is 2.69. The van der Waals surface area contributed by atoms with Crippen molar-refractivity contribution in [3.05, 3.63) is 34.1 Å². The number of nitrogens with zero attached hydrogens (tertiary/aromatic N) is 1. The molecule has 1 aromatic rings. The van der Waals surface area contributed by atoms with Gasteiger partial charge in [0.05, 0.1) is 23.2 Å². The van der Waals surface area contributed by atoms with Crippen molar-refractivity contribution in [3.8, 4) is 5.75 Å². The Labute approximate surface area is 92.2 Å². The van der Waals surface area contributed by atoms with Gasteiger partial charge < -0.3 is 4.74 Å². The van der Waals surface area contributed by atoms with E-state index in [0.29, 0.717) is 0 Å². The van der Waals surface area contributed by atoms with E-state index in [4.69, 9.17) is 4.74 Å². The second kappa shape index (κ2) is 4.47. The van der Waals surface area contributed by atoms with E-state index in [1.165, 1.54) is 12.1 Å². The Morgan fingerprint density at radius 2 is 2.00 bits per heavy atom. The molecule has 1 aromatic carbocycles. The topological polar surface area (TPSA) is 52.4 Å². The van der Waals surface area contributed by atoms with Gasteiger partial charge in [-0.05, 0) is 25.7 Å². The van der Waals surface area contributed by atoms with Crippen LogP contribution in [0.2, 0.25) is 0 Å². The van der Waals surface area contributed by atoms with Gasteiger partial charge in [-0.15, -0.1) is 0 Å². The molecule has 0 amide bonds. The second-order valence-corrected chi connectivity index (χ2v) is 3.93. The molecule has 0 aliphatic heterocycles. The van der Waals surface area contributed by atoms with E-state index in [1.54, 1.807) is 0 Å². The van der Waals surface area contributed by atoms with Gasteiger partial charge in [-0.3, -0.25) is 10.1 Å². The van der Waals surface area contributed by atoms with Crippen LogP contribution in [0.15, 0.2) is 18.2 Å². The Morgan fingerprint density at radius 3 is 2.62 bits per heavy atom. The first-order valence-electron chi connectivity index (χ1n) is 5.27. The van der Waals surface area contributed by atoms with Gasteiger partial charge in [0, 0.05) is 6.07 Å². The van der Waals surface area contributed by atoms with E-state index >= 15 is 0 Å². The third-order valence-corrected chi connectivity index (χ3v) is 2.67. The predicted molar refractivity (Wildman–Crippen MR) is 55.9 cm³/mol. The van der Waals surface area contributed by atoms with Crippen molar-refractivity contribution in [1.29, 1.82) is 0 Å². The van der Waals surface area contributed by atoms with E-state index < -0.39 is 10.7 Å². The fraction of sp³-hybridized carbons (Fsp3) is 0.455. The summed E-state index contributed by atoms with van der Waals surface area (Å²) >= 11 is 0. The van der Waals surface area contributed by atoms with Crippen LogP contribution >= 0.6 is 0 Å². The Balaban J connectivity index is 2.16. The maximum atomic E-state index is 13.1. The number of benzene rings is 1. The summed E-state index contributed by atoms with van der Waals surface area (Å²) in [5, 5.41) is 10.5. The summed E-state index contributed by atoms with van der Waals surface area (Å²) in [6.45, 7) is 0. The van der Waals surface area contributed by atoms with Crippen molar-refractivity contribution < 1.29 is 14.1 Å². The minimum Gasteiger partial charge on any atom is -0.490 e. The molecule has 0 bridgehead atoms. The first-order chi connectivity index (χ1) is 7.65. The summed E-state index contributed by atoms with van der Waals surface area (Å²) in [6.07, 6.45) is 4.14. The lowest BCUT2D eigenvalue weighted by Crippen LogP contribution is -2.11. The van der Waals surface area contributed by atoms with Gasteiger partial charge in [0.1, 0.15) is 11.6 Å². The zero-order valence-corrected chi connectivity index (χ0v) is 8.69. The zero-order valence-electron chi connectivity index (χ0n) is 8.69. The lowest BCUT2D eigenvalue weighted by molar-refractivity contribution is -0.385. The number of ether oxygens (including phenoxy) is 1. The van der Waals surface area contributed by atoms with Gasteiger partial charge in [-0.1, -0.05) is 0 Å². The van der Waals surface area contributed by atoms with Crippen LogP contribution in [0.4, 0.5) is 10.1 Å². The van der Waals surface area contributed by atoms with E-state index in [2.05, 4.69) is 0 Å². The molecule has 86 valence electrons. The highest BCUT2D eigenvalue weighted by Crippen LogP contribution is 2.27. The number of non-ortho nitro benzene ring substituents is 1. The summed E-state index contributed by atoms with van der Waals surface area (Å²) in [4.78, 5) is 9.91. The average molecular weight is 225 g/mol. The van der Waals surface area contributed by atoms with Crippen LogP contribution in [-0.2, 0) is 0 Å². The Morgan fingerprint density at radius 1 is 1.31 bits per heavy atom. The molecule has 0 heterocycles. The van der Waals surface area contributed by atoms with Crippen molar-refractivity contribution in [2.45, 2.75) is 31.8 Å². The number of rotatable bonds is 3. The number of nitro groups is 1. The molecule has 5 heteroatoms. The van der Waals surface area contributed by atoms with Crippen molar-refractivity contribution >= 4 is 5.69 Å². The summed E-state index contributed by atoms with van der Waals surface area (Å²) in [5.74, 6) is -0.388. The first kappa shape index (κ1) is 10.9. The molecule has 1 aliphatic rings. The molecule has 1 fully saturated rings. The molecule has 0 spiro atoms. The highest BCUT2D eigenvalue weighted by molar-refractivity contribution is 5.39. The highest BCUT2D eigenvalue weighted by atomic mass is 19.1. The van der Waals surface area contributed by atoms with Crippen LogP contribution in [0.3, 0.4) is 0 Å². The predicted octanol–water partition coefficient (Wildman–Crippen LogP) is 3.06. The fourth-order valence-electron chi connectivity index (χ4n) is 1.92. The highest BCUT2D eigenvalue weighted by Gasteiger charge is 2.18. The summed E-state index contributed by atoms with van der Waals surface area (Å²) < 4.78 is 18.6. The summed E-state index contributed by atoms with van der Waals surface area (Å²) in [7, 11) is 0. The molecule has 0 saturated heterocycles. The molecule has 2 rings (SSSR count). The van der Waals surface area contributed by atoms with E-state index in [9.17, 15) is 14.5 Å². The number of hydrogen-bond acceptors (Lipinski definition) is 3. The smallest absolute Gasteiger partial charge is 0.276 e. The SMILES string of the molecule is O=[N+]([O-])c1cc(F)cc(OC2CCCC2)c1. The molecule has 1 aliphatic carbocycles. The maximum absolute atomic E-state index is 13.1. The maximum Gasteiger partial charge on any atom is 0.276 e. The Hall–Kier alpha value is -1.65. The minimum absolute atomic E-state index is 0.0707. The largest absolute Gasteiger partial charge is 0.490 e. The summed E-state index contributed by atoms with van der Waals surface area (Å²) in [5.41, 5.74) is -0.270. The lowest BCUT2D eigenvalue weighted by Gasteiger charge is -2.12. The molecular weight excluding hydrogens is 213 g/mol. The molecule has 4 nitrogen and oxygen atoms in total. The van der Waals surface area contributed by atoms with Crippen molar-refractivity contribution in [2.24, 2.45) is 0 Å². The van der Waals surface area contributed by atoms with E-state index in [0.717, 1.165) is 31.7 Å². The standard InChI is InChI=1S/C11H12FNO3/c12-8-5-9(13(14)15)7-11(6-8)16-10-3-1-2-4-10/h5-7,10H,1-4H2. The molecule has 0 radical (unpaired) electrons. The van der Waals surface area contributed by atoms with Crippen molar-refractivity contribution in [2.75, 3.05) is 0 Å². The Bertz CT molecular complexity index is 402. The number of halogens is 1. The normalized spacial score (nSPS) is 16.3. The van der Waals surface area contributed by atoms with E-state index in [-0.39, 0.29) is 17.5 Å². The lowest BCUT2D eigenvalue weighted by atomic mass is 10.2. The second-order valence-electron chi connectivity index (χ2n) is 3.93. The van der Waals surface area contributed by atoms with Crippen LogP contribution in [0, 0.1) is 15.9 Å². The quantitative estimate of drug-likeness (QED) is 0.586. The van der Waals surface area contributed by atoms with Crippen LogP contribution in [0.5, 0.6) is 5.75 Å². The van der Waals surface area contributed by atoms with Gasteiger partial charge in [-0.25, -0.2) is 4.39 Å². The zero-order chi connectivity index (χ0) is 11.5. The molecule has 0 N–H and O–H groups in total. The monoisotopic (exact) mass is 225 g/mol. The van der Waals surface area contributed by atoms with Gasteiger partial charge in [0.2, 0.25) is 0 Å². The number of hydrogen-bond donors (Lipinski definition) is 0. The third-order valence-electron chi connectivity index (χ3n) is 2.67. The summed E-state index contributed by atoms with van der Waals surface area (Å²) in [6, 6.07) is 3.34. The minimum atomic E-state index is -0.637. The first-order valence-corrected chi connectivity index (χ1v) is 5.27. The third kappa shape index (κ3) is 2.48. The molecule has 0 unspecified atom stereocenters. The number of nitro benzene ring substituents is 1. The van der Waals surface area contributed by atoms with Crippen molar-refractivity contribution in [3.63, 3.8) is 0 Å². The molecular formula is C11H12FNO3. The molecule has 0 atom stereocenters. The fourth-order valence-corrected chi connectivity index (χ4v) is 1.92. The molecule has 0 aromatic heterocycles. The van der Waals surface area contributed by atoms with Gasteiger partial charge >= 0.3 is 0 Å².